The van der Waals surface area contributed by atoms with Gasteiger partial charge in [-0.3, -0.25) is 19.5 Å². The van der Waals surface area contributed by atoms with Crippen molar-refractivity contribution in [2.24, 2.45) is 0 Å². The van der Waals surface area contributed by atoms with Gasteiger partial charge in [-0.05, 0) is 79.6 Å². The number of anilines is 2. The Hall–Kier alpha value is -6.20. The first-order valence-corrected chi connectivity index (χ1v) is 19.4. The normalized spacial score (nSPS) is 22.6. The van der Waals surface area contributed by atoms with E-state index in [1.165, 1.54) is 36.5 Å². The third-order valence-corrected chi connectivity index (χ3v) is 12.1. The first-order valence-electron chi connectivity index (χ1n) is 19.4. The van der Waals surface area contributed by atoms with Crippen LogP contribution in [0.3, 0.4) is 0 Å². The summed E-state index contributed by atoms with van der Waals surface area (Å²) < 4.78 is 53.1. The van der Waals surface area contributed by atoms with Crippen LogP contribution >= 0.6 is 0 Å². The number of hydrogen-bond acceptors (Lipinski definition) is 9. The number of carbonyl (C=O) groups is 2. The summed E-state index contributed by atoms with van der Waals surface area (Å²) in [5.74, 6) is 0.634. The number of halogens is 3. The number of hydrogen-bond donors (Lipinski definition) is 2. The Kier molecular flexibility index (Phi) is 9.43. The van der Waals surface area contributed by atoms with Crippen molar-refractivity contribution in [1.82, 2.24) is 24.8 Å². The number of rotatable bonds is 9. The van der Waals surface area contributed by atoms with Crippen molar-refractivity contribution in [3.63, 3.8) is 0 Å². The molecule has 4 fully saturated rings. The number of piperazine rings is 1. The van der Waals surface area contributed by atoms with Gasteiger partial charge in [-0.15, -0.1) is 6.42 Å². The zero-order valence-corrected chi connectivity index (χ0v) is 31.6. The van der Waals surface area contributed by atoms with Gasteiger partial charge >= 0.3 is 6.01 Å². The highest BCUT2D eigenvalue weighted by atomic mass is 19.1. The SMILES string of the molecule is C#Cc1c(F)ccc2cc(O)cc(-c3ncc4c(N5CC6CCC(C5)N6C(=O)Cc5cccc(NC(=O)C=C)c5)nc(OCC56CCCN5CC(F)C6)nc4c3F)c12. The van der Waals surface area contributed by atoms with Crippen LogP contribution in [0.4, 0.5) is 24.7 Å². The second kappa shape index (κ2) is 14.6. The number of carbonyl (C=O) groups excluding carboxylic acids is 2. The van der Waals surface area contributed by atoms with Crippen molar-refractivity contribution >= 4 is 45.0 Å². The van der Waals surface area contributed by atoms with Crippen molar-refractivity contribution in [2.75, 3.05) is 43.0 Å². The standard InChI is InChI=1S/C44H40F3N7O4/c1-3-32-35(46)12-9-26-17-31(55)18-33(38(26)32)40-39(47)41-34(20-48-40)42(51-43(50-41)58-24-44-13-6-14-53(44)21-27(45)19-44)52-22-29-10-11-30(23-52)54(29)37(57)16-25-7-5-8-28(15-25)49-36(56)4-2/h1,4-5,7-9,12,15,17-18,20,27,29-30,55H,2,6,10-11,13-14,16,19,21-24H2,(H,49,56). The number of aromatic nitrogens is 3. The Balaban J connectivity index is 1.08. The molecule has 2 N–H and O–H groups in total. The van der Waals surface area contributed by atoms with Gasteiger partial charge in [0.15, 0.2) is 5.82 Å². The lowest BCUT2D eigenvalue weighted by atomic mass is 9.95. The summed E-state index contributed by atoms with van der Waals surface area (Å²) in [6.07, 6.45) is 11.0. The molecule has 4 saturated heterocycles. The summed E-state index contributed by atoms with van der Waals surface area (Å²) in [6, 6.07) is 12.1. The van der Waals surface area contributed by atoms with Gasteiger partial charge in [-0.1, -0.05) is 30.7 Å². The molecule has 2 bridgehead atoms. The number of terminal acetylenes is 1. The minimum atomic E-state index is -0.977. The Morgan fingerprint density at radius 1 is 1.10 bits per heavy atom. The van der Waals surface area contributed by atoms with Crippen LogP contribution in [-0.4, -0.2) is 98.3 Å². The summed E-state index contributed by atoms with van der Waals surface area (Å²) in [5, 5.41) is 14.3. The van der Waals surface area contributed by atoms with Gasteiger partial charge in [0.2, 0.25) is 11.8 Å². The maximum Gasteiger partial charge on any atom is 0.319 e. The minimum Gasteiger partial charge on any atom is -0.508 e. The van der Waals surface area contributed by atoms with Crippen molar-refractivity contribution in [1.29, 1.82) is 0 Å². The van der Waals surface area contributed by atoms with E-state index in [0.717, 1.165) is 37.8 Å². The minimum absolute atomic E-state index is 0.0440. The predicted molar refractivity (Wildman–Crippen MR) is 213 cm³/mol. The van der Waals surface area contributed by atoms with Crippen LogP contribution in [0.1, 0.15) is 43.2 Å². The molecule has 14 heteroatoms. The molecule has 9 rings (SSSR count). The molecule has 4 aliphatic rings. The summed E-state index contributed by atoms with van der Waals surface area (Å²) in [5.41, 5.74) is 0.490. The summed E-state index contributed by atoms with van der Waals surface area (Å²) in [6.45, 7) is 5.50. The molecule has 6 heterocycles. The van der Waals surface area contributed by atoms with Gasteiger partial charge in [-0.2, -0.15) is 9.97 Å². The van der Waals surface area contributed by atoms with Crippen molar-refractivity contribution in [3.05, 3.63) is 90.1 Å². The zero-order valence-electron chi connectivity index (χ0n) is 31.6. The first-order chi connectivity index (χ1) is 28.0. The van der Waals surface area contributed by atoms with Crippen molar-refractivity contribution < 1.29 is 32.6 Å². The monoisotopic (exact) mass is 787 g/mol. The average Bonchev–Trinajstić information content (AvgIpc) is 3.83. The second-order valence-electron chi connectivity index (χ2n) is 15.7. The molecule has 0 spiro atoms. The van der Waals surface area contributed by atoms with E-state index >= 15 is 8.78 Å². The van der Waals surface area contributed by atoms with Crippen LogP contribution in [0.15, 0.2) is 67.4 Å². The lowest BCUT2D eigenvalue weighted by Crippen LogP contribution is -2.56. The number of nitrogens with zero attached hydrogens (tertiary/aromatic N) is 6. The number of benzene rings is 3. The molecule has 58 heavy (non-hydrogen) atoms. The number of fused-ring (bicyclic) bond motifs is 5. The predicted octanol–water partition coefficient (Wildman–Crippen LogP) is 6.31. The van der Waals surface area contributed by atoms with Gasteiger partial charge in [0, 0.05) is 61.0 Å². The van der Waals surface area contributed by atoms with E-state index in [2.05, 4.69) is 32.7 Å². The van der Waals surface area contributed by atoms with E-state index in [1.807, 2.05) is 15.9 Å². The first kappa shape index (κ1) is 37.4. The molecule has 4 atom stereocenters. The largest absolute Gasteiger partial charge is 0.508 e. The smallest absolute Gasteiger partial charge is 0.319 e. The lowest BCUT2D eigenvalue weighted by Gasteiger charge is -2.42. The molecular formula is C44H40F3N7O4. The van der Waals surface area contributed by atoms with Gasteiger partial charge in [0.05, 0.1) is 22.9 Å². The number of nitrogens with one attached hydrogen (secondary N) is 1. The Bertz CT molecular complexity index is 2550. The number of pyridine rings is 1. The van der Waals surface area contributed by atoms with Crippen LogP contribution in [0.25, 0.3) is 32.9 Å². The molecule has 0 radical (unpaired) electrons. The molecular weight excluding hydrogens is 748 g/mol. The quantitative estimate of drug-likeness (QED) is 0.131. The van der Waals surface area contributed by atoms with Crippen LogP contribution in [0.2, 0.25) is 0 Å². The second-order valence-corrected chi connectivity index (χ2v) is 15.7. The topological polar surface area (TPSA) is 124 Å². The fourth-order valence-corrected chi connectivity index (χ4v) is 9.62. The molecule has 296 valence electrons. The van der Waals surface area contributed by atoms with Gasteiger partial charge < -0.3 is 25.0 Å². The fourth-order valence-electron chi connectivity index (χ4n) is 9.62. The number of amides is 2. The molecule has 4 aliphatic heterocycles. The zero-order chi connectivity index (χ0) is 40.3. The van der Waals surface area contributed by atoms with Crippen LogP contribution in [-0.2, 0) is 16.0 Å². The number of phenols is 1. The molecule has 2 amide bonds. The molecule has 11 nitrogen and oxygen atoms in total. The van der Waals surface area contributed by atoms with Gasteiger partial charge in [-0.25, -0.2) is 13.2 Å². The maximum absolute atomic E-state index is 17.2. The summed E-state index contributed by atoms with van der Waals surface area (Å²) in [7, 11) is 0. The molecule has 2 aromatic heterocycles. The van der Waals surface area contributed by atoms with Crippen LogP contribution < -0.4 is 15.0 Å². The number of ether oxygens (including phenoxy) is 1. The lowest BCUT2D eigenvalue weighted by molar-refractivity contribution is -0.133. The molecule has 4 unspecified atom stereocenters. The maximum atomic E-state index is 17.2. The molecule has 0 saturated carbocycles. The number of aromatic hydroxyl groups is 1. The highest BCUT2D eigenvalue weighted by molar-refractivity contribution is 6.03. The summed E-state index contributed by atoms with van der Waals surface area (Å²) in [4.78, 5) is 45.7. The Morgan fingerprint density at radius 2 is 1.91 bits per heavy atom. The fraction of sp³-hybridized carbons (Fsp3) is 0.341. The number of phenolic OH excluding ortho intramolecular Hbond substituents is 1. The molecule has 3 aromatic carbocycles. The van der Waals surface area contributed by atoms with Crippen molar-refractivity contribution in [3.8, 4) is 35.4 Å². The van der Waals surface area contributed by atoms with E-state index < -0.39 is 23.3 Å². The molecule has 0 aliphatic carbocycles. The van der Waals surface area contributed by atoms with E-state index in [4.69, 9.17) is 16.1 Å². The van der Waals surface area contributed by atoms with Gasteiger partial charge in [0.1, 0.15) is 41.4 Å². The third-order valence-electron chi connectivity index (χ3n) is 12.1. The van der Waals surface area contributed by atoms with Gasteiger partial charge in [0.25, 0.3) is 0 Å². The van der Waals surface area contributed by atoms with E-state index in [0.29, 0.717) is 48.3 Å². The molecule has 5 aromatic rings. The third kappa shape index (κ3) is 6.53. The Morgan fingerprint density at radius 3 is 2.69 bits per heavy atom. The van der Waals surface area contributed by atoms with E-state index in [9.17, 15) is 19.1 Å². The van der Waals surface area contributed by atoms with Crippen LogP contribution in [0, 0.1) is 24.0 Å². The van der Waals surface area contributed by atoms with E-state index in [-0.39, 0.29) is 76.4 Å². The average molecular weight is 788 g/mol. The highest BCUT2D eigenvalue weighted by Crippen LogP contribution is 2.43. The van der Waals surface area contributed by atoms with Crippen molar-refractivity contribution in [2.45, 2.75) is 62.3 Å². The highest BCUT2D eigenvalue weighted by Gasteiger charge is 2.49. The summed E-state index contributed by atoms with van der Waals surface area (Å²) >= 11 is 0. The number of alkyl halides is 1. The van der Waals surface area contributed by atoms with E-state index in [1.54, 1.807) is 18.2 Å². The Labute approximate surface area is 332 Å². The van der Waals surface area contributed by atoms with Crippen LogP contribution in [0.5, 0.6) is 11.8 Å².